The second kappa shape index (κ2) is 10.8. The number of halogens is 2. The summed E-state index contributed by atoms with van der Waals surface area (Å²) >= 11 is 7.04. The molecule has 0 atom stereocenters. The maximum atomic E-state index is 5.97. The highest BCUT2D eigenvalue weighted by Gasteiger charge is 2.12. The van der Waals surface area contributed by atoms with E-state index in [-0.39, 0.29) is 0 Å². The first-order valence-electron chi connectivity index (χ1n) is 9.82. The van der Waals surface area contributed by atoms with Crippen LogP contribution in [0.1, 0.15) is 45.4 Å². The molecule has 0 unspecified atom stereocenters. The van der Waals surface area contributed by atoms with Crippen LogP contribution >= 0.6 is 31.9 Å². The van der Waals surface area contributed by atoms with Gasteiger partial charge in [0.15, 0.2) is 5.76 Å². The summed E-state index contributed by atoms with van der Waals surface area (Å²) in [5, 5.41) is 0. The van der Waals surface area contributed by atoms with Gasteiger partial charge in [-0.2, -0.15) is 0 Å². The van der Waals surface area contributed by atoms with Gasteiger partial charge in [-0.3, -0.25) is 0 Å². The molecule has 0 aliphatic rings. The third-order valence-corrected chi connectivity index (χ3v) is 5.75. The lowest BCUT2D eigenvalue weighted by Crippen LogP contribution is -1.97. The normalized spacial score (nSPS) is 11.0. The zero-order valence-electron chi connectivity index (χ0n) is 16.1. The molecule has 28 heavy (non-hydrogen) atoms. The Bertz CT molecular complexity index is 875. The lowest BCUT2D eigenvalue weighted by Gasteiger charge is -2.06. The van der Waals surface area contributed by atoms with E-state index in [1.54, 1.807) is 6.20 Å². The molecule has 2 aromatic carbocycles. The van der Waals surface area contributed by atoms with Gasteiger partial charge < -0.3 is 9.15 Å². The van der Waals surface area contributed by atoms with Crippen molar-refractivity contribution in [3.8, 4) is 28.5 Å². The average molecular weight is 507 g/mol. The van der Waals surface area contributed by atoms with Crippen molar-refractivity contribution in [2.45, 2.75) is 45.4 Å². The largest absolute Gasteiger partial charge is 0.494 e. The van der Waals surface area contributed by atoms with Crippen LogP contribution in [0.15, 0.2) is 62.0 Å². The van der Waals surface area contributed by atoms with E-state index >= 15 is 0 Å². The van der Waals surface area contributed by atoms with E-state index < -0.39 is 0 Å². The Morgan fingerprint density at radius 2 is 1.68 bits per heavy atom. The van der Waals surface area contributed by atoms with Gasteiger partial charge in [0.2, 0.25) is 5.89 Å². The second-order valence-electron chi connectivity index (χ2n) is 6.79. The van der Waals surface area contributed by atoms with E-state index in [1.807, 2.05) is 42.5 Å². The molecule has 0 aliphatic carbocycles. The van der Waals surface area contributed by atoms with E-state index in [0.29, 0.717) is 5.89 Å². The fraction of sp³-hybridized carbons (Fsp3) is 0.348. The Labute approximate surface area is 183 Å². The minimum Gasteiger partial charge on any atom is -0.494 e. The highest BCUT2D eigenvalue weighted by molar-refractivity contribution is 9.11. The first-order chi connectivity index (χ1) is 13.7. The van der Waals surface area contributed by atoms with Crippen molar-refractivity contribution in [1.82, 2.24) is 4.98 Å². The topological polar surface area (TPSA) is 35.3 Å². The molecule has 3 nitrogen and oxygen atoms in total. The van der Waals surface area contributed by atoms with Crippen LogP contribution in [0, 0.1) is 0 Å². The minimum absolute atomic E-state index is 0.589. The Morgan fingerprint density at radius 3 is 2.46 bits per heavy atom. The van der Waals surface area contributed by atoms with E-state index in [9.17, 15) is 0 Å². The van der Waals surface area contributed by atoms with Crippen LogP contribution < -0.4 is 4.74 Å². The molecule has 5 heteroatoms. The van der Waals surface area contributed by atoms with Gasteiger partial charge in [-0.05, 0) is 64.8 Å². The predicted octanol–water partition coefficient (Wildman–Crippen LogP) is 8.27. The summed E-state index contributed by atoms with van der Waals surface area (Å²) in [4.78, 5) is 4.43. The Balaban J connectivity index is 1.55. The summed E-state index contributed by atoms with van der Waals surface area (Å²) in [6, 6.07) is 13.9. The van der Waals surface area contributed by atoms with Crippen molar-refractivity contribution in [3.63, 3.8) is 0 Å². The maximum Gasteiger partial charge on any atom is 0.227 e. The summed E-state index contributed by atoms with van der Waals surface area (Å²) < 4.78 is 13.8. The van der Waals surface area contributed by atoms with E-state index in [4.69, 9.17) is 9.15 Å². The van der Waals surface area contributed by atoms with Gasteiger partial charge >= 0.3 is 0 Å². The molecule has 0 radical (unpaired) electrons. The molecule has 0 fully saturated rings. The van der Waals surface area contributed by atoms with Gasteiger partial charge in [-0.1, -0.05) is 55.0 Å². The number of benzene rings is 2. The zero-order valence-corrected chi connectivity index (χ0v) is 19.3. The number of oxazole rings is 1. The van der Waals surface area contributed by atoms with Gasteiger partial charge in [0.05, 0.1) is 18.4 Å². The molecular weight excluding hydrogens is 482 g/mol. The molecular formula is C23H25Br2NO2. The molecule has 0 spiro atoms. The number of nitrogens with zero attached hydrogens (tertiary/aromatic N) is 1. The zero-order chi connectivity index (χ0) is 19.8. The van der Waals surface area contributed by atoms with Crippen molar-refractivity contribution in [2.75, 3.05) is 6.61 Å². The van der Waals surface area contributed by atoms with Crippen LogP contribution in [0.2, 0.25) is 0 Å². The Hall–Kier alpha value is -1.59. The van der Waals surface area contributed by atoms with Crippen molar-refractivity contribution in [3.05, 3.63) is 57.6 Å². The first-order valence-corrected chi connectivity index (χ1v) is 11.4. The molecule has 0 N–H and O–H groups in total. The van der Waals surface area contributed by atoms with Crippen molar-refractivity contribution in [2.24, 2.45) is 0 Å². The number of aromatic nitrogens is 1. The fourth-order valence-corrected chi connectivity index (χ4v) is 3.76. The lowest BCUT2D eigenvalue weighted by atomic mass is 10.1. The molecule has 0 amide bonds. The van der Waals surface area contributed by atoms with Crippen molar-refractivity contribution in [1.29, 1.82) is 0 Å². The molecule has 0 saturated carbocycles. The van der Waals surface area contributed by atoms with Crippen LogP contribution in [0.5, 0.6) is 5.75 Å². The maximum absolute atomic E-state index is 5.97. The summed E-state index contributed by atoms with van der Waals surface area (Å²) in [5.74, 6) is 2.22. The van der Waals surface area contributed by atoms with Gasteiger partial charge in [-0.15, -0.1) is 0 Å². The highest BCUT2D eigenvalue weighted by atomic mass is 79.9. The Kier molecular flexibility index (Phi) is 8.16. The molecule has 0 saturated heterocycles. The van der Waals surface area contributed by atoms with Gasteiger partial charge in [0.25, 0.3) is 0 Å². The van der Waals surface area contributed by atoms with Gasteiger partial charge in [0.1, 0.15) is 5.75 Å². The van der Waals surface area contributed by atoms with Crippen LogP contribution in [-0.2, 0) is 0 Å². The second-order valence-corrected chi connectivity index (χ2v) is 8.56. The smallest absolute Gasteiger partial charge is 0.227 e. The van der Waals surface area contributed by atoms with Crippen LogP contribution in [0.25, 0.3) is 22.8 Å². The SMILES string of the molecule is CCCCCCCCOc1ccc(-c2cnc(-c3cc(Br)ccc3Br)o2)cc1. The number of rotatable bonds is 10. The standard InChI is InChI=1S/C23H25Br2NO2/c1-2-3-4-5-6-7-14-27-19-11-8-17(9-12-19)22-16-26-23(28-22)20-15-18(24)10-13-21(20)25/h8-13,15-16H,2-7,14H2,1H3. The molecule has 0 bridgehead atoms. The van der Waals surface area contributed by atoms with Crippen LogP contribution in [0.3, 0.4) is 0 Å². The lowest BCUT2D eigenvalue weighted by molar-refractivity contribution is 0.304. The van der Waals surface area contributed by atoms with E-state index in [2.05, 4.69) is 43.8 Å². The number of hydrogen-bond acceptors (Lipinski definition) is 3. The van der Waals surface area contributed by atoms with Crippen LogP contribution in [-0.4, -0.2) is 11.6 Å². The number of ether oxygens (including phenoxy) is 1. The highest BCUT2D eigenvalue weighted by Crippen LogP contribution is 2.33. The molecule has 3 rings (SSSR count). The summed E-state index contributed by atoms with van der Waals surface area (Å²) in [6.45, 7) is 3.01. The summed E-state index contributed by atoms with van der Waals surface area (Å²) in [6.07, 6.45) is 9.37. The molecule has 148 valence electrons. The van der Waals surface area contributed by atoms with Crippen LogP contribution in [0.4, 0.5) is 0 Å². The number of hydrogen-bond donors (Lipinski definition) is 0. The monoisotopic (exact) mass is 505 g/mol. The van der Waals surface area contributed by atoms with Gasteiger partial charge in [0, 0.05) is 14.5 Å². The predicted molar refractivity (Wildman–Crippen MR) is 122 cm³/mol. The van der Waals surface area contributed by atoms with Gasteiger partial charge in [-0.25, -0.2) is 4.98 Å². The molecule has 1 aromatic heterocycles. The summed E-state index contributed by atoms with van der Waals surface area (Å²) in [7, 11) is 0. The van der Waals surface area contributed by atoms with E-state index in [0.717, 1.165) is 44.6 Å². The average Bonchev–Trinajstić information content (AvgIpc) is 3.19. The third kappa shape index (κ3) is 5.95. The van der Waals surface area contributed by atoms with Crippen molar-refractivity contribution < 1.29 is 9.15 Å². The summed E-state index contributed by atoms with van der Waals surface area (Å²) in [5.41, 5.74) is 1.90. The molecule has 3 aromatic rings. The number of unbranched alkanes of at least 4 members (excludes halogenated alkanes) is 5. The first kappa shape index (κ1) is 21.1. The minimum atomic E-state index is 0.589. The molecule has 1 heterocycles. The quantitative estimate of drug-likeness (QED) is 0.259. The van der Waals surface area contributed by atoms with Crippen molar-refractivity contribution >= 4 is 31.9 Å². The molecule has 0 aliphatic heterocycles. The van der Waals surface area contributed by atoms with E-state index in [1.165, 1.54) is 32.1 Å². The third-order valence-electron chi connectivity index (χ3n) is 4.57. The Morgan fingerprint density at radius 1 is 0.929 bits per heavy atom. The fourth-order valence-electron chi connectivity index (χ4n) is 2.98.